The summed E-state index contributed by atoms with van der Waals surface area (Å²) in [6, 6.07) is 0. The third-order valence-corrected chi connectivity index (χ3v) is 3.87. The van der Waals surface area contributed by atoms with E-state index in [1.165, 1.54) is 0 Å². The van der Waals surface area contributed by atoms with E-state index in [0.29, 0.717) is 6.42 Å². The maximum absolute atomic E-state index is 11.9. The van der Waals surface area contributed by atoms with Crippen LogP contribution in [0.1, 0.15) is 26.2 Å². The highest BCUT2D eigenvalue weighted by Crippen LogP contribution is 2.37. The molecule has 4 heteroatoms. The van der Waals surface area contributed by atoms with Gasteiger partial charge in [-0.2, -0.15) is 0 Å². The third-order valence-electron chi connectivity index (χ3n) is 3.87. The van der Waals surface area contributed by atoms with Gasteiger partial charge in [-0.15, -0.1) is 0 Å². The van der Waals surface area contributed by atoms with Gasteiger partial charge in [0.15, 0.2) is 0 Å². The average Bonchev–Trinajstić information content (AvgIpc) is 2.72. The van der Waals surface area contributed by atoms with E-state index in [1.54, 1.807) is 12.2 Å². The van der Waals surface area contributed by atoms with Crippen LogP contribution in [0, 0.1) is 5.41 Å². The zero-order valence-electron chi connectivity index (χ0n) is 10.8. The van der Waals surface area contributed by atoms with E-state index >= 15 is 0 Å². The molecule has 2 aliphatic rings. The minimum absolute atomic E-state index is 0.0697. The molecule has 0 atom stereocenters. The molecule has 2 aliphatic heterocycles. The van der Waals surface area contributed by atoms with E-state index in [9.17, 15) is 9.59 Å². The van der Waals surface area contributed by atoms with Crippen LogP contribution in [-0.2, 0) is 9.59 Å². The van der Waals surface area contributed by atoms with Crippen molar-refractivity contribution in [1.82, 2.24) is 10.2 Å². The Morgan fingerprint density at radius 1 is 1.33 bits per heavy atom. The maximum atomic E-state index is 11.9. The van der Waals surface area contributed by atoms with Crippen molar-refractivity contribution in [2.75, 3.05) is 19.6 Å². The minimum Gasteiger partial charge on any atom is -0.356 e. The summed E-state index contributed by atoms with van der Waals surface area (Å²) < 4.78 is 0. The largest absolute Gasteiger partial charge is 0.356 e. The fraction of sp³-hybridized carbons (Fsp3) is 0.571. The quantitative estimate of drug-likeness (QED) is 0.590. The highest BCUT2D eigenvalue weighted by atomic mass is 16.2. The number of rotatable bonds is 2. The van der Waals surface area contributed by atoms with Gasteiger partial charge in [-0.05, 0) is 25.2 Å². The molecular formula is C14H20N2O2. The molecule has 2 amide bonds. The maximum Gasteiger partial charge on any atom is 0.246 e. The monoisotopic (exact) mass is 248 g/mol. The third kappa shape index (κ3) is 2.81. The Morgan fingerprint density at radius 3 is 2.61 bits per heavy atom. The van der Waals surface area contributed by atoms with Gasteiger partial charge >= 0.3 is 0 Å². The van der Waals surface area contributed by atoms with Crippen LogP contribution in [0.5, 0.6) is 0 Å². The number of piperidine rings is 1. The van der Waals surface area contributed by atoms with E-state index < -0.39 is 0 Å². The number of hydrogen-bond acceptors (Lipinski definition) is 2. The molecule has 0 aliphatic carbocycles. The molecule has 0 unspecified atom stereocenters. The van der Waals surface area contributed by atoms with Crippen molar-refractivity contribution in [3.63, 3.8) is 0 Å². The summed E-state index contributed by atoms with van der Waals surface area (Å²) in [4.78, 5) is 25.0. The van der Waals surface area contributed by atoms with Gasteiger partial charge in [0.25, 0.3) is 0 Å². The summed E-state index contributed by atoms with van der Waals surface area (Å²) >= 11 is 0. The molecule has 2 saturated heterocycles. The molecule has 0 radical (unpaired) electrons. The van der Waals surface area contributed by atoms with E-state index in [0.717, 1.165) is 32.5 Å². The lowest BCUT2D eigenvalue weighted by atomic mass is 9.77. The highest BCUT2D eigenvalue weighted by molar-refractivity contribution is 5.88. The molecule has 4 nitrogen and oxygen atoms in total. The second kappa shape index (κ2) is 5.38. The molecule has 1 N–H and O–H groups in total. The fourth-order valence-electron chi connectivity index (χ4n) is 2.66. The summed E-state index contributed by atoms with van der Waals surface area (Å²) in [5.74, 6) is 0.225. The Balaban J connectivity index is 1.86. The lowest BCUT2D eigenvalue weighted by Gasteiger charge is -2.37. The van der Waals surface area contributed by atoms with Gasteiger partial charge in [-0.1, -0.05) is 18.2 Å². The van der Waals surface area contributed by atoms with Gasteiger partial charge in [0.1, 0.15) is 0 Å². The first-order chi connectivity index (χ1) is 8.65. The number of likely N-dealkylation sites (tertiary alicyclic amines) is 1. The van der Waals surface area contributed by atoms with Crippen LogP contribution >= 0.6 is 0 Å². The number of hydrogen-bond donors (Lipinski definition) is 1. The fourth-order valence-corrected chi connectivity index (χ4v) is 2.66. The first kappa shape index (κ1) is 12.9. The van der Waals surface area contributed by atoms with Gasteiger partial charge in [-0.3, -0.25) is 9.59 Å². The van der Waals surface area contributed by atoms with Crippen LogP contribution in [0.25, 0.3) is 0 Å². The number of allylic oxidation sites excluding steroid dienone is 3. The van der Waals surface area contributed by atoms with Gasteiger partial charge in [0.2, 0.25) is 11.8 Å². The normalized spacial score (nSPS) is 23.2. The predicted octanol–water partition coefficient (Wildman–Crippen LogP) is 1.25. The summed E-state index contributed by atoms with van der Waals surface area (Å²) in [5.41, 5.74) is 0.112. The van der Waals surface area contributed by atoms with Crippen molar-refractivity contribution < 1.29 is 9.59 Å². The Hall–Kier alpha value is -1.58. The molecule has 2 rings (SSSR count). The molecule has 18 heavy (non-hydrogen) atoms. The second-order valence-corrected chi connectivity index (χ2v) is 5.16. The SMILES string of the molecule is CC=CC=CC(=O)N1CCC2(CC1)CNC(=O)C2. The van der Waals surface area contributed by atoms with Crippen LogP contribution in [0.2, 0.25) is 0 Å². The topological polar surface area (TPSA) is 49.4 Å². The molecule has 1 spiro atoms. The highest BCUT2D eigenvalue weighted by Gasteiger charge is 2.41. The molecule has 0 aromatic rings. The van der Waals surface area contributed by atoms with Crippen LogP contribution in [0.4, 0.5) is 0 Å². The number of amides is 2. The smallest absolute Gasteiger partial charge is 0.246 e. The van der Waals surface area contributed by atoms with E-state index in [4.69, 9.17) is 0 Å². The zero-order chi connectivity index (χ0) is 13.0. The Morgan fingerprint density at radius 2 is 2.06 bits per heavy atom. The van der Waals surface area contributed by atoms with Crippen molar-refractivity contribution in [1.29, 1.82) is 0 Å². The lowest BCUT2D eigenvalue weighted by Crippen LogP contribution is -2.43. The molecule has 0 aromatic carbocycles. The first-order valence-corrected chi connectivity index (χ1v) is 6.50. The van der Waals surface area contributed by atoms with E-state index in [2.05, 4.69) is 5.32 Å². The zero-order valence-corrected chi connectivity index (χ0v) is 10.8. The van der Waals surface area contributed by atoms with Crippen LogP contribution < -0.4 is 5.32 Å². The Bertz CT molecular complexity index is 391. The molecule has 2 fully saturated rings. The second-order valence-electron chi connectivity index (χ2n) is 5.16. The summed E-state index contributed by atoms with van der Waals surface area (Å²) in [6.07, 6.45) is 9.60. The number of nitrogens with zero attached hydrogens (tertiary/aromatic N) is 1. The summed E-state index contributed by atoms with van der Waals surface area (Å²) in [7, 11) is 0. The van der Waals surface area contributed by atoms with Crippen LogP contribution in [-0.4, -0.2) is 36.3 Å². The predicted molar refractivity (Wildman–Crippen MR) is 69.8 cm³/mol. The van der Waals surface area contributed by atoms with Crippen molar-refractivity contribution >= 4 is 11.8 Å². The molecule has 0 saturated carbocycles. The van der Waals surface area contributed by atoms with Gasteiger partial charge in [-0.25, -0.2) is 0 Å². The standard InChI is InChI=1S/C14H20N2O2/c1-2-3-4-5-13(18)16-8-6-14(7-9-16)10-12(17)15-11-14/h2-5H,6-11H2,1H3,(H,15,17). The average molecular weight is 248 g/mol. The van der Waals surface area contributed by atoms with Gasteiger partial charge in [0, 0.05) is 32.1 Å². The van der Waals surface area contributed by atoms with Crippen LogP contribution in [0.15, 0.2) is 24.3 Å². The number of carbonyl (C=O) groups excluding carboxylic acids is 2. The Labute approximate surface area is 108 Å². The van der Waals surface area contributed by atoms with Crippen LogP contribution in [0.3, 0.4) is 0 Å². The van der Waals surface area contributed by atoms with E-state index in [1.807, 2.05) is 24.0 Å². The van der Waals surface area contributed by atoms with Gasteiger partial charge in [0.05, 0.1) is 0 Å². The first-order valence-electron chi connectivity index (χ1n) is 6.50. The van der Waals surface area contributed by atoms with E-state index in [-0.39, 0.29) is 17.2 Å². The van der Waals surface area contributed by atoms with Crippen molar-refractivity contribution in [2.45, 2.75) is 26.2 Å². The van der Waals surface area contributed by atoms with Crippen molar-refractivity contribution in [2.24, 2.45) is 5.41 Å². The molecule has 0 aromatic heterocycles. The summed E-state index contributed by atoms with van der Waals surface area (Å²) in [6.45, 7) is 4.22. The van der Waals surface area contributed by atoms with Gasteiger partial charge < -0.3 is 10.2 Å². The van der Waals surface area contributed by atoms with Crippen molar-refractivity contribution in [3.05, 3.63) is 24.3 Å². The minimum atomic E-state index is 0.0697. The number of nitrogens with one attached hydrogen (secondary N) is 1. The van der Waals surface area contributed by atoms with Crippen molar-refractivity contribution in [3.8, 4) is 0 Å². The molecular weight excluding hydrogens is 228 g/mol. The molecule has 2 heterocycles. The Kier molecular flexibility index (Phi) is 3.84. The lowest BCUT2D eigenvalue weighted by molar-refractivity contribution is -0.128. The summed E-state index contributed by atoms with van der Waals surface area (Å²) in [5, 5.41) is 2.90. The molecule has 0 bridgehead atoms. The number of carbonyl (C=O) groups is 2. The molecule has 98 valence electrons.